The van der Waals surface area contributed by atoms with Gasteiger partial charge in [-0.15, -0.1) is 0 Å². The van der Waals surface area contributed by atoms with E-state index in [1.165, 1.54) is 0 Å². The van der Waals surface area contributed by atoms with Crippen LogP contribution < -0.4 is 10.1 Å². The van der Waals surface area contributed by atoms with Gasteiger partial charge < -0.3 is 19.0 Å². The fourth-order valence-corrected chi connectivity index (χ4v) is 2.86. The standard InChI is InChI=1S/C20H25N3O4/c1-4-17-22-19(27-23-17)11-7-10-18(24)21-13(3)16-12-14-8-6-9-15(25-5-2)20(14)26-16/h6,8-9,12-13H,4-5,7,10-11H2,1-3H3,(H,21,24). The molecule has 3 aromatic rings. The minimum absolute atomic E-state index is 0.0387. The maximum atomic E-state index is 12.2. The van der Waals surface area contributed by atoms with Crippen molar-refractivity contribution in [3.63, 3.8) is 0 Å². The third-order valence-electron chi connectivity index (χ3n) is 4.25. The van der Waals surface area contributed by atoms with Crippen LogP contribution in [0, 0.1) is 0 Å². The molecule has 3 rings (SSSR count). The molecule has 2 aromatic heterocycles. The number of carbonyl (C=O) groups is 1. The highest BCUT2D eigenvalue weighted by molar-refractivity contribution is 5.84. The average Bonchev–Trinajstić information content (AvgIpc) is 3.29. The predicted molar refractivity (Wildman–Crippen MR) is 101 cm³/mol. The molecule has 0 fully saturated rings. The van der Waals surface area contributed by atoms with E-state index in [1.54, 1.807) is 0 Å². The van der Waals surface area contributed by atoms with E-state index in [0.29, 0.717) is 54.7 Å². The molecule has 0 saturated carbocycles. The number of benzene rings is 1. The quantitative estimate of drug-likeness (QED) is 0.612. The van der Waals surface area contributed by atoms with Crippen molar-refractivity contribution in [3.8, 4) is 5.75 Å². The van der Waals surface area contributed by atoms with E-state index in [9.17, 15) is 4.79 Å². The normalized spacial score (nSPS) is 12.3. The molecule has 0 aliphatic carbocycles. The molecule has 0 aliphatic rings. The van der Waals surface area contributed by atoms with Crippen molar-refractivity contribution < 1.29 is 18.5 Å². The van der Waals surface area contributed by atoms with Crippen molar-refractivity contribution in [1.29, 1.82) is 0 Å². The molecule has 1 unspecified atom stereocenters. The van der Waals surface area contributed by atoms with Crippen LogP contribution in [-0.2, 0) is 17.6 Å². The molecule has 27 heavy (non-hydrogen) atoms. The molecule has 7 heteroatoms. The number of aromatic nitrogens is 2. The highest BCUT2D eigenvalue weighted by Crippen LogP contribution is 2.31. The van der Waals surface area contributed by atoms with Crippen LogP contribution in [0.5, 0.6) is 5.75 Å². The summed E-state index contributed by atoms with van der Waals surface area (Å²) in [5, 5.41) is 7.78. The Morgan fingerprint density at radius 3 is 2.93 bits per heavy atom. The van der Waals surface area contributed by atoms with Crippen molar-refractivity contribution >= 4 is 16.9 Å². The van der Waals surface area contributed by atoms with E-state index in [4.69, 9.17) is 13.7 Å². The zero-order valence-corrected chi connectivity index (χ0v) is 15.9. The minimum atomic E-state index is -0.227. The summed E-state index contributed by atoms with van der Waals surface area (Å²) in [6.45, 7) is 6.38. The summed E-state index contributed by atoms with van der Waals surface area (Å²) in [6.07, 6.45) is 2.37. The lowest BCUT2D eigenvalue weighted by Gasteiger charge is -2.11. The van der Waals surface area contributed by atoms with Crippen LogP contribution in [0.25, 0.3) is 11.0 Å². The Balaban J connectivity index is 1.54. The monoisotopic (exact) mass is 371 g/mol. The van der Waals surface area contributed by atoms with Crippen LogP contribution >= 0.6 is 0 Å². The van der Waals surface area contributed by atoms with Crippen LogP contribution in [0.4, 0.5) is 0 Å². The van der Waals surface area contributed by atoms with Gasteiger partial charge in [-0.25, -0.2) is 0 Å². The fraction of sp³-hybridized carbons (Fsp3) is 0.450. The van der Waals surface area contributed by atoms with E-state index in [-0.39, 0.29) is 11.9 Å². The number of aryl methyl sites for hydroxylation is 2. The Kier molecular flexibility index (Phi) is 6.11. The number of hydrogen-bond donors (Lipinski definition) is 1. The first-order valence-electron chi connectivity index (χ1n) is 9.36. The van der Waals surface area contributed by atoms with Gasteiger partial charge in [0.1, 0.15) is 5.76 Å². The number of nitrogens with zero attached hydrogens (tertiary/aromatic N) is 2. The van der Waals surface area contributed by atoms with Crippen LogP contribution in [0.15, 0.2) is 33.2 Å². The molecule has 0 spiro atoms. The van der Waals surface area contributed by atoms with Gasteiger partial charge in [-0.3, -0.25) is 4.79 Å². The van der Waals surface area contributed by atoms with Gasteiger partial charge in [0.25, 0.3) is 0 Å². The van der Waals surface area contributed by atoms with Crippen molar-refractivity contribution in [3.05, 3.63) is 41.7 Å². The van der Waals surface area contributed by atoms with Crippen molar-refractivity contribution in [2.45, 2.75) is 52.5 Å². The Labute approximate surface area is 158 Å². The summed E-state index contributed by atoms with van der Waals surface area (Å²) in [5.41, 5.74) is 0.707. The van der Waals surface area contributed by atoms with Gasteiger partial charge in [0.2, 0.25) is 11.8 Å². The average molecular weight is 371 g/mol. The Hall–Kier alpha value is -2.83. The van der Waals surface area contributed by atoms with E-state index >= 15 is 0 Å². The number of hydrogen-bond acceptors (Lipinski definition) is 6. The number of fused-ring (bicyclic) bond motifs is 1. The second-order valence-electron chi connectivity index (χ2n) is 6.36. The van der Waals surface area contributed by atoms with Gasteiger partial charge in [-0.2, -0.15) is 4.98 Å². The number of para-hydroxylation sites is 1. The lowest BCUT2D eigenvalue weighted by molar-refractivity contribution is -0.121. The number of furan rings is 1. The molecule has 1 N–H and O–H groups in total. The Bertz CT molecular complexity index is 900. The Morgan fingerprint density at radius 1 is 1.33 bits per heavy atom. The molecular weight excluding hydrogens is 346 g/mol. The first-order chi connectivity index (χ1) is 13.1. The molecule has 0 bridgehead atoms. The maximum absolute atomic E-state index is 12.2. The largest absolute Gasteiger partial charge is 0.490 e. The van der Waals surface area contributed by atoms with Crippen LogP contribution in [0.2, 0.25) is 0 Å². The summed E-state index contributed by atoms with van der Waals surface area (Å²) in [5.74, 6) is 2.65. The highest BCUT2D eigenvalue weighted by atomic mass is 16.5. The van der Waals surface area contributed by atoms with Gasteiger partial charge in [-0.05, 0) is 32.4 Å². The summed E-state index contributed by atoms with van der Waals surface area (Å²) in [4.78, 5) is 16.5. The van der Waals surface area contributed by atoms with Crippen molar-refractivity contribution in [1.82, 2.24) is 15.5 Å². The zero-order valence-electron chi connectivity index (χ0n) is 15.9. The summed E-state index contributed by atoms with van der Waals surface area (Å²) >= 11 is 0. The smallest absolute Gasteiger partial charge is 0.226 e. The molecule has 7 nitrogen and oxygen atoms in total. The van der Waals surface area contributed by atoms with E-state index < -0.39 is 0 Å². The maximum Gasteiger partial charge on any atom is 0.226 e. The van der Waals surface area contributed by atoms with Gasteiger partial charge in [0.05, 0.1) is 12.6 Å². The molecule has 0 radical (unpaired) electrons. The summed E-state index contributed by atoms with van der Waals surface area (Å²) in [7, 11) is 0. The zero-order chi connectivity index (χ0) is 19.2. The van der Waals surface area contributed by atoms with Crippen LogP contribution in [0.1, 0.15) is 57.1 Å². The first-order valence-corrected chi connectivity index (χ1v) is 9.36. The van der Waals surface area contributed by atoms with E-state index in [2.05, 4.69) is 15.5 Å². The van der Waals surface area contributed by atoms with E-state index in [1.807, 2.05) is 45.0 Å². The fourth-order valence-electron chi connectivity index (χ4n) is 2.86. The number of carbonyl (C=O) groups excluding carboxylic acids is 1. The molecule has 1 amide bonds. The minimum Gasteiger partial charge on any atom is -0.490 e. The Morgan fingerprint density at radius 2 is 2.19 bits per heavy atom. The van der Waals surface area contributed by atoms with Gasteiger partial charge in [-0.1, -0.05) is 24.2 Å². The van der Waals surface area contributed by atoms with Gasteiger partial charge in [0, 0.05) is 24.6 Å². The third-order valence-corrected chi connectivity index (χ3v) is 4.25. The molecular formula is C20H25N3O4. The second kappa shape index (κ2) is 8.70. The molecule has 2 heterocycles. The van der Waals surface area contributed by atoms with Crippen molar-refractivity contribution in [2.75, 3.05) is 6.61 Å². The molecule has 144 valence electrons. The summed E-state index contributed by atoms with van der Waals surface area (Å²) < 4.78 is 16.7. The SMILES string of the molecule is CCOc1cccc2cc(C(C)NC(=O)CCCc3nc(CC)no3)oc12. The number of rotatable bonds is 9. The highest BCUT2D eigenvalue weighted by Gasteiger charge is 2.16. The number of amides is 1. The first kappa shape index (κ1) is 18.9. The van der Waals surface area contributed by atoms with E-state index in [0.717, 1.165) is 11.8 Å². The molecule has 0 aliphatic heterocycles. The topological polar surface area (TPSA) is 90.4 Å². The lowest BCUT2D eigenvalue weighted by Crippen LogP contribution is -2.26. The summed E-state index contributed by atoms with van der Waals surface area (Å²) in [6, 6.07) is 7.48. The van der Waals surface area contributed by atoms with Crippen LogP contribution in [-0.4, -0.2) is 22.7 Å². The molecule has 1 atom stereocenters. The van der Waals surface area contributed by atoms with Crippen LogP contribution in [0.3, 0.4) is 0 Å². The third kappa shape index (κ3) is 4.67. The number of nitrogens with one attached hydrogen (secondary N) is 1. The van der Waals surface area contributed by atoms with Gasteiger partial charge >= 0.3 is 0 Å². The van der Waals surface area contributed by atoms with Crippen molar-refractivity contribution in [2.24, 2.45) is 0 Å². The molecule has 0 saturated heterocycles. The van der Waals surface area contributed by atoms with Gasteiger partial charge in [0.15, 0.2) is 17.2 Å². The second-order valence-corrected chi connectivity index (χ2v) is 6.36. The lowest BCUT2D eigenvalue weighted by atomic mass is 10.2. The predicted octanol–water partition coefficient (Wildman–Crippen LogP) is 3.98. The number of ether oxygens (including phenoxy) is 1. The molecule has 1 aromatic carbocycles.